The summed E-state index contributed by atoms with van der Waals surface area (Å²) in [6, 6.07) is 6.93. The predicted molar refractivity (Wildman–Crippen MR) is 68.9 cm³/mol. The number of nitrogens with one attached hydrogen (secondary N) is 2. The van der Waals surface area contributed by atoms with Crippen molar-refractivity contribution in [2.45, 2.75) is 13.0 Å². The highest BCUT2D eigenvalue weighted by molar-refractivity contribution is 7.92. The molecule has 3 N–H and O–H groups in total. The predicted octanol–water partition coefficient (Wildman–Crippen LogP) is 0.622. The lowest BCUT2D eigenvalue weighted by molar-refractivity contribution is -0.136. The zero-order chi connectivity index (χ0) is 13.6. The highest BCUT2D eigenvalue weighted by atomic mass is 32.2. The maximum atomic E-state index is 11.6. The number of anilines is 1. The van der Waals surface area contributed by atoms with Crippen molar-refractivity contribution in [3.05, 3.63) is 29.8 Å². The number of aliphatic carboxylic acids is 1. The van der Waals surface area contributed by atoms with Crippen LogP contribution in [0.4, 0.5) is 5.69 Å². The molecule has 0 atom stereocenters. The second-order valence-electron chi connectivity index (χ2n) is 3.80. The van der Waals surface area contributed by atoms with Gasteiger partial charge in [-0.15, -0.1) is 0 Å². The smallest absolute Gasteiger partial charge is 0.304 e. The van der Waals surface area contributed by atoms with Crippen LogP contribution in [0, 0.1) is 0 Å². The third-order valence-electron chi connectivity index (χ3n) is 2.17. The Hall–Kier alpha value is -1.60. The van der Waals surface area contributed by atoms with Crippen molar-refractivity contribution in [3.8, 4) is 0 Å². The number of hydrogen-bond acceptors (Lipinski definition) is 4. The Bertz CT molecular complexity index is 514. The molecule has 6 nitrogen and oxygen atoms in total. The lowest BCUT2D eigenvalue weighted by Gasteiger charge is -2.08. The Kier molecular flexibility index (Phi) is 5.11. The molecule has 0 radical (unpaired) electrons. The van der Waals surface area contributed by atoms with Gasteiger partial charge in [0.25, 0.3) is 0 Å². The minimum atomic E-state index is -3.61. The van der Waals surface area contributed by atoms with Crippen LogP contribution in [0.25, 0.3) is 0 Å². The van der Waals surface area contributed by atoms with Gasteiger partial charge in [-0.05, 0) is 24.7 Å². The monoisotopic (exact) mass is 272 g/mol. The molecule has 0 amide bonds. The van der Waals surface area contributed by atoms with E-state index in [-0.39, 0.29) is 0 Å². The fourth-order valence-electron chi connectivity index (χ4n) is 1.40. The Balaban J connectivity index is 2.71. The van der Waals surface area contributed by atoms with Gasteiger partial charge in [0.15, 0.2) is 0 Å². The van der Waals surface area contributed by atoms with Crippen LogP contribution < -0.4 is 10.0 Å². The molecule has 1 rings (SSSR count). The van der Waals surface area contributed by atoms with E-state index in [0.717, 1.165) is 5.56 Å². The molecule has 0 saturated heterocycles. The van der Waals surface area contributed by atoms with Gasteiger partial charge in [-0.1, -0.05) is 12.1 Å². The number of sulfonamides is 1. The van der Waals surface area contributed by atoms with Gasteiger partial charge < -0.3 is 10.4 Å². The van der Waals surface area contributed by atoms with Gasteiger partial charge in [-0.25, -0.2) is 8.42 Å². The Morgan fingerprint density at radius 1 is 1.39 bits per heavy atom. The van der Waals surface area contributed by atoms with E-state index in [1.807, 2.05) is 6.07 Å². The summed E-state index contributed by atoms with van der Waals surface area (Å²) in [5, 5.41) is 11.4. The zero-order valence-corrected chi connectivity index (χ0v) is 10.8. The van der Waals surface area contributed by atoms with E-state index >= 15 is 0 Å². The molecule has 0 unspecified atom stereocenters. The lowest BCUT2D eigenvalue weighted by Crippen LogP contribution is -2.19. The summed E-state index contributed by atoms with van der Waals surface area (Å²) in [7, 11) is -1.82. The second kappa shape index (κ2) is 6.36. The van der Waals surface area contributed by atoms with Crippen molar-refractivity contribution in [2.24, 2.45) is 0 Å². The Morgan fingerprint density at radius 3 is 2.72 bits per heavy atom. The van der Waals surface area contributed by atoms with E-state index < -0.39 is 28.2 Å². The molecular formula is C11H16N2O4S. The molecule has 1 aromatic rings. The third kappa shape index (κ3) is 5.15. The van der Waals surface area contributed by atoms with Crippen LogP contribution in [0.1, 0.15) is 12.0 Å². The van der Waals surface area contributed by atoms with Crippen LogP contribution in [0.3, 0.4) is 0 Å². The molecule has 0 fully saturated rings. The van der Waals surface area contributed by atoms with E-state index in [4.69, 9.17) is 5.11 Å². The molecular weight excluding hydrogens is 256 g/mol. The fourth-order valence-corrected chi connectivity index (χ4v) is 2.43. The van der Waals surface area contributed by atoms with Crippen LogP contribution in [0.2, 0.25) is 0 Å². The summed E-state index contributed by atoms with van der Waals surface area (Å²) in [6.45, 7) is 0.630. The highest BCUT2D eigenvalue weighted by Crippen LogP contribution is 2.12. The van der Waals surface area contributed by atoms with E-state index in [1.165, 1.54) is 0 Å². The molecule has 0 heterocycles. The van der Waals surface area contributed by atoms with Gasteiger partial charge in [-0.3, -0.25) is 9.52 Å². The van der Waals surface area contributed by atoms with Crippen LogP contribution in [-0.4, -0.2) is 32.3 Å². The molecule has 0 spiro atoms. The summed E-state index contributed by atoms with van der Waals surface area (Å²) in [6.07, 6.45) is -0.411. The molecule has 0 aromatic heterocycles. The van der Waals surface area contributed by atoms with E-state index in [9.17, 15) is 13.2 Å². The van der Waals surface area contributed by atoms with Gasteiger partial charge in [0.05, 0.1) is 12.2 Å². The van der Waals surface area contributed by atoms with E-state index in [1.54, 1.807) is 25.2 Å². The van der Waals surface area contributed by atoms with Crippen molar-refractivity contribution in [1.29, 1.82) is 0 Å². The summed E-state index contributed by atoms with van der Waals surface area (Å²) >= 11 is 0. The Labute approximate surface area is 106 Å². The number of benzene rings is 1. The van der Waals surface area contributed by atoms with Gasteiger partial charge >= 0.3 is 5.97 Å². The van der Waals surface area contributed by atoms with Crippen molar-refractivity contribution in [1.82, 2.24) is 5.32 Å². The number of rotatable bonds is 7. The molecule has 0 bridgehead atoms. The standard InChI is InChI=1S/C11H16N2O4S/c1-12-8-9-3-2-4-10(7-9)13-18(16,17)6-5-11(14)15/h2-4,7,12-13H,5-6,8H2,1H3,(H,14,15). The minimum Gasteiger partial charge on any atom is -0.481 e. The van der Waals surface area contributed by atoms with Crippen LogP contribution in [-0.2, 0) is 21.4 Å². The summed E-state index contributed by atoms with van der Waals surface area (Å²) in [4.78, 5) is 10.3. The number of carbonyl (C=O) groups is 1. The first kappa shape index (κ1) is 14.5. The molecule has 0 saturated carbocycles. The highest BCUT2D eigenvalue weighted by Gasteiger charge is 2.12. The molecule has 7 heteroatoms. The second-order valence-corrected chi connectivity index (χ2v) is 5.64. The summed E-state index contributed by atoms with van der Waals surface area (Å²) in [5.74, 6) is -1.57. The molecule has 0 aliphatic heterocycles. The maximum absolute atomic E-state index is 11.6. The number of carboxylic acids is 1. The van der Waals surface area contributed by atoms with E-state index in [0.29, 0.717) is 12.2 Å². The van der Waals surface area contributed by atoms with Crippen molar-refractivity contribution in [2.75, 3.05) is 17.5 Å². The lowest BCUT2D eigenvalue weighted by atomic mass is 10.2. The number of carboxylic acid groups (broad SMARTS) is 1. The van der Waals surface area contributed by atoms with Gasteiger partial charge in [0.1, 0.15) is 0 Å². The quantitative estimate of drug-likeness (QED) is 0.676. The topological polar surface area (TPSA) is 95.5 Å². The average Bonchev–Trinajstić information content (AvgIpc) is 2.27. The largest absolute Gasteiger partial charge is 0.481 e. The fraction of sp³-hybridized carbons (Fsp3) is 0.364. The van der Waals surface area contributed by atoms with Gasteiger partial charge in [-0.2, -0.15) is 0 Å². The first-order valence-electron chi connectivity index (χ1n) is 5.39. The van der Waals surface area contributed by atoms with Gasteiger partial charge in [0, 0.05) is 12.2 Å². The van der Waals surface area contributed by atoms with Crippen molar-refractivity contribution < 1.29 is 18.3 Å². The van der Waals surface area contributed by atoms with Crippen molar-refractivity contribution >= 4 is 21.7 Å². The third-order valence-corrected chi connectivity index (χ3v) is 3.45. The normalized spacial score (nSPS) is 11.2. The Morgan fingerprint density at radius 2 is 2.11 bits per heavy atom. The summed E-state index contributed by atoms with van der Waals surface area (Å²) in [5.41, 5.74) is 1.38. The van der Waals surface area contributed by atoms with Gasteiger partial charge in [0.2, 0.25) is 10.0 Å². The average molecular weight is 272 g/mol. The zero-order valence-electron chi connectivity index (χ0n) is 10.0. The molecule has 100 valence electrons. The number of hydrogen-bond donors (Lipinski definition) is 3. The SMILES string of the molecule is CNCc1cccc(NS(=O)(=O)CCC(=O)O)c1. The maximum Gasteiger partial charge on any atom is 0.304 e. The molecule has 0 aliphatic carbocycles. The molecule has 18 heavy (non-hydrogen) atoms. The van der Waals surface area contributed by atoms with Crippen LogP contribution >= 0.6 is 0 Å². The summed E-state index contributed by atoms with van der Waals surface area (Å²) < 4.78 is 25.5. The minimum absolute atomic E-state index is 0.411. The van der Waals surface area contributed by atoms with Crippen LogP contribution in [0.5, 0.6) is 0 Å². The molecule has 0 aliphatic rings. The first-order valence-corrected chi connectivity index (χ1v) is 7.04. The van der Waals surface area contributed by atoms with E-state index in [2.05, 4.69) is 10.0 Å². The molecule has 1 aromatic carbocycles. The first-order chi connectivity index (χ1) is 8.43. The van der Waals surface area contributed by atoms with Crippen molar-refractivity contribution in [3.63, 3.8) is 0 Å². The van der Waals surface area contributed by atoms with Crippen LogP contribution in [0.15, 0.2) is 24.3 Å².